The van der Waals surface area contributed by atoms with Crippen molar-refractivity contribution in [3.8, 4) is 0 Å². The van der Waals surface area contributed by atoms with Gasteiger partial charge in [0.15, 0.2) is 0 Å². The number of nitrogens with zero attached hydrogens (tertiary/aromatic N) is 1. The summed E-state index contributed by atoms with van der Waals surface area (Å²) < 4.78 is 0. The molecule has 2 fully saturated rings. The zero-order valence-electron chi connectivity index (χ0n) is 18.5. The highest BCUT2D eigenvalue weighted by molar-refractivity contribution is 6.01. The number of anilines is 1. The number of nitrogens with two attached hydrogens (primary N) is 1. The predicted octanol–water partition coefficient (Wildman–Crippen LogP) is 2.77. The highest BCUT2D eigenvalue weighted by Gasteiger charge is 2.35. The molecule has 6 N–H and O–H groups in total. The number of carbonyl (C=O) groups excluding carboxylic acids is 2. The van der Waals surface area contributed by atoms with Crippen LogP contribution >= 0.6 is 0 Å². The molecule has 1 saturated heterocycles. The van der Waals surface area contributed by atoms with Gasteiger partial charge in [-0.3, -0.25) is 15.0 Å². The number of carbonyl (C=O) groups is 2. The number of hydrogen-bond donors (Lipinski definition) is 5. The number of nitrogens with one attached hydrogen (secondary N) is 4. The van der Waals surface area contributed by atoms with Crippen LogP contribution in [0.3, 0.4) is 0 Å². The van der Waals surface area contributed by atoms with E-state index in [0.717, 1.165) is 29.7 Å². The summed E-state index contributed by atoms with van der Waals surface area (Å²) in [6.07, 6.45) is 2.36. The Bertz CT molecular complexity index is 1040. The van der Waals surface area contributed by atoms with E-state index in [-0.39, 0.29) is 30.4 Å². The summed E-state index contributed by atoms with van der Waals surface area (Å²) in [6, 6.07) is 19.1. The number of para-hydroxylation sites is 1. The van der Waals surface area contributed by atoms with Gasteiger partial charge >= 0.3 is 6.03 Å². The summed E-state index contributed by atoms with van der Waals surface area (Å²) in [5, 5.41) is 17.6. The van der Waals surface area contributed by atoms with Gasteiger partial charge in [-0.05, 0) is 37.0 Å². The van der Waals surface area contributed by atoms with Crippen LogP contribution in [-0.2, 0) is 4.79 Å². The molecule has 3 amide bonds. The third-order valence-electron chi connectivity index (χ3n) is 6.12. The van der Waals surface area contributed by atoms with Crippen LogP contribution in [-0.4, -0.2) is 48.2 Å². The molecule has 8 heteroatoms. The summed E-state index contributed by atoms with van der Waals surface area (Å²) in [6.45, 7) is 1.33. The van der Waals surface area contributed by atoms with Gasteiger partial charge in [0.2, 0.25) is 5.91 Å². The van der Waals surface area contributed by atoms with E-state index in [4.69, 9.17) is 11.1 Å². The minimum Gasteiger partial charge on any atom is -0.369 e. The standard InChI is InChI=1S/C25H30N6O2/c26-21-13-7-12-19(21)24(28-18-10-5-2-6-11-18)30-25(33)29-22-15-31(16-23(27)32)14-20(22)17-8-3-1-4-9-17/h1-6,8-11,20,22,26,28H,7,12-16H2,(H2,27,32)(H2,29,30,33)/b24-19+,26-21?/t20-,22+/m0/s1. The van der Waals surface area contributed by atoms with Crippen LogP contribution in [0.15, 0.2) is 72.1 Å². The van der Waals surface area contributed by atoms with Crippen molar-refractivity contribution in [2.24, 2.45) is 5.73 Å². The lowest BCUT2D eigenvalue weighted by molar-refractivity contribution is -0.118. The summed E-state index contributed by atoms with van der Waals surface area (Å²) in [5.74, 6) is 0.203. The van der Waals surface area contributed by atoms with Gasteiger partial charge in [-0.15, -0.1) is 0 Å². The Kier molecular flexibility index (Phi) is 7.04. The smallest absolute Gasteiger partial charge is 0.320 e. The molecule has 0 radical (unpaired) electrons. The van der Waals surface area contributed by atoms with Crippen molar-refractivity contribution in [2.45, 2.75) is 31.2 Å². The van der Waals surface area contributed by atoms with Crippen molar-refractivity contribution in [3.63, 3.8) is 0 Å². The van der Waals surface area contributed by atoms with Gasteiger partial charge in [0.1, 0.15) is 5.82 Å². The maximum atomic E-state index is 13.1. The van der Waals surface area contributed by atoms with Crippen molar-refractivity contribution in [2.75, 3.05) is 25.0 Å². The quantitative estimate of drug-likeness (QED) is 0.449. The first-order chi connectivity index (χ1) is 16.0. The lowest BCUT2D eigenvalue weighted by Gasteiger charge is -2.22. The zero-order valence-corrected chi connectivity index (χ0v) is 18.5. The molecule has 2 atom stereocenters. The number of amides is 3. The summed E-state index contributed by atoms with van der Waals surface area (Å²) >= 11 is 0. The van der Waals surface area contributed by atoms with Crippen molar-refractivity contribution in [3.05, 3.63) is 77.6 Å². The van der Waals surface area contributed by atoms with Crippen LogP contribution in [0, 0.1) is 5.41 Å². The number of rotatable bonds is 7. The first-order valence-corrected chi connectivity index (χ1v) is 11.3. The van der Waals surface area contributed by atoms with E-state index < -0.39 is 0 Å². The first kappa shape index (κ1) is 22.5. The lowest BCUT2D eigenvalue weighted by atomic mass is 9.94. The van der Waals surface area contributed by atoms with Gasteiger partial charge in [-0.25, -0.2) is 4.79 Å². The van der Waals surface area contributed by atoms with Crippen LogP contribution in [0.5, 0.6) is 0 Å². The summed E-state index contributed by atoms with van der Waals surface area (Å²) in [5.41, 5.74) is 8.73. The van der Waals surface area contributed by atoms with Crippen molar-refractivity contribution >= 4 is 23.3 Å². The topological polar surface area (TPSA) is 123 Å². The fourth-order valence-electron chi connectivity index (χ4n) is 4.60. The Morgan fingerprint density at radius 1 is 1.00 bits per heavy atom. The highest BCUT2D eigenvalue weighted by atomic mass is 16.2. The van der Waals surface area contributed by atoms with Gasteiger partial charge in [0, 0.05) is 36.0 Å². The highest BCUT2D eigenvalue weighted by Crippen LogP contribution is 2.28. The van der Waals surface area contributed by atoms with Gasteiger partial charge in [-0.1, -0.05) is 48.5 Å². The number of benzene rings is 2. The Labute approximate surface area is 193 Å². The number of allylic oxidation sites excluding steroid dienone is 1. The molecule has 33 heavy (non-hydrogen) atoms. The molecule has 4 rings (SSSR count). The van der Waals surface area contributed by atoms with Crippen LogP contribution in [0.4, 0.5) is 10.5 Å². The molecule has 2 aliphatic rings. The zero-order chi connectivity index (χ0) is 23.2. The first-order valence-electron chi connectivity index (χ1n) is 11.3. The van der Waals surface area contributed by atoms with E-state index in [2.05, 4.69) is 16.0 Å². The molecule has 8 nitrogen and oxygen atoms in total. The van der Waals surface area contributed by atoms with Crippen molar-refractivity contribution < 1.29 is 9.59 Å². The molecule has 0 aromatic heterocycles. The lowest BCUT2D eigenvalue weighted by Crippen LogP contribution is -2.46. The average Bonchev–Trinajstić information content (AvgIpc) is 3.40. The Morgan fingerprint density at radius 2 is 1.70 bits per heavy atom. The van der Waals surface area contributed by atoms with Gasteiger partial charge < -0.3 is 21.8 Å². The van der Waals surface area contributed by atoms with E-state index in [0.29, 0.717) is 31.0 Å². The van der Waals surface area contributed by atoms with Crippen LogP contribution in [0.2, 0.25) is 0 Å². The fraction of sp³-hybridized carbons (Fsp3) is 0.320. The van der Waals surface area contributed by atoms with Crippen molar-refractivity contribution in [1.29, 1.82) is 5.41 Å². The molecule has 1 aliphatic heterocycles. The van der Waals surface area contributed by atoms with Gasteiger partial charge in [0.05, 0.1) is 12.6 Å². The molecule has 1 aliphatic carbocycles. The van der Waals surface area contributed by atoms with Crippen LogP contribution in [0.25, 0.3) is 0 Å². The summed E-state index contributed by atoms with van der Waals surface area (Å²) in [7, 11) is 0. The molecule has 2 aromatic carbocycles. The molecule has 0 spiro atoms. The second-order valence-corrected chi connectivity index (χ2v) is 8.56. The van der Waals surface area contributed by atoms with E-state index in [9.17, 15) is 9.59 Å². The normalized spacial score (nSPS) is 22.1. The molecule has 1 heterocycles. The van der Waals surface area contributed by atoms with Crippen LogP contribution < -0.4 is 21.7 Å². The predicted molar refractivity (Wildman–Crippen MR) is 129 cm³/mol. The monoisotopic (exact) mass is 446 g/mol. The maximum Gasteiger partial charge on any atom is 0.320 e. The number of urea groups is 1. The number of hydrogen-bond acceptors (Lipinski definition) is 5. The van der Waals surface area contributed by atoms with Gasteiger partial charge in [0.25, 0.3) is 0 Å². The molecule has 2 aromatic rings. The Morgan fingerprint density at radius 3 is 2.33 bits per heavy atom. The van der Waals surface area contributed by atoms with Crippen molar-refractivity contribution in [1.82, 2.24) is 15.5 Å². The molecule has 172 valence electrons. The third kappa shape index (κ3) is 5.78. The third-order valence-corrected chi connectivity index (χ3v) is 6.12. The van der Waals surface area contributed by atoms with E-state index in [1.54, 1.807) is 0 Å². The molecule has 0 unspecified atom stereocenters. The molecular formula is C25H30N6O2. The van der Waals surface area contributed by atoms with Crippen LogP contribution in [0.1, 0.15) is 30.7 Å². The molecule has 0 bridgehead atoms. The molecular weight excluding hydrogens is 416 g/mol. The average molecular weight is 447 g/mol. The SMILES string of the molecule is N=C1CCC/C1=C(\NC(=O)N[C@@H]1CN(CC(N)=O)C[C@H]1c1ccccc1)Nc1ccccc1. The van der Waals surface area contributed by atoms with Gasteiger partial charge in [-0.2, -0.15) is 0 Å². The minimum atomic E-state index is -0.384. The second-order valence-electron chi connectivity index (χ2n) is 8.56. The van der Waals surface area contributed by atoms with E-state index in [1.165, 1.54) is 0 Å². The van der Waals surface area contributed by atoms with E-state index >= 15 is 0 Å². The second kappa shape index (κ2) is 10.3. The largest absolute Gasteiger partial charge is 0.369 e. The summed E-state index contributed by atoms with van der Waals surface area (Å²) in [4.78, 5) is 26.5. The molecule has 1 saturated carbocycles. The Balaban J connectivity index is 1.50. The van der Waals surface area contributed by atoms with E-state index in [1.807, 2.05) is 65.6 Å². The minimum absolute atomic E-state index is 0.0410. The maximum absolute atomic E-state index is 13.1. The number of primary amides is 1. The Hall–Kier alpha value is -3.65. The fourth-order valence-corrected chi connectivity index (χ4v) is 4.60. The number of likely N-dealkylation sites (tertiary alicyclic amines) is 1.